The molecule has 0 saturated carbocycles. The van der Waals surface area contributed by atoms with Gasteiger partial charge in [-0.2, -0.15) is 0 Å². The molecule has 0 aromatic heterocycles. The molecule has 0 bridgehead atoms. The molecule has 4 rings (SSSR count). The van der Waals surface area contributed by atoms with Crippen molar-refractivity contribution in [2.75, 3.05) is 12.3 Å². The lowest BCUT2D eigenvalue weighted by molar-refractivity contribution is 0.575. The highest BCUT2D eigenvalue weighted by atomic mass is 32.4. The summed E-state index contributed by atoms with van der Waals surface area (Å²) in [5, 5.41) is 3.60. The summed E-state index contributed by atoms with van der Waals surface area (Å²) in [7, 11) is -2.33. The molecular formula is C24H26OP2S. The molecule has 1 heterocycles. The molecular weight excluding hydrogens is 398 g/mol. The van der Waals surface area contributed by atoms with E-state index < -0.39 is 13.2 Å². The largest absolute Gasteiger partial charge is 0.318 e. The van der Waals surface area contributed by atoms with Crippen LogP contribution in [0.2, 0.25) is 0 Å². The maximum atomic E-state index is 13.9. The summed E-state index contributed by atoms with van der Waals surface area (Å²) in [5.74, 6) is 0. The first kappa shape index (κ1) is 19.8. The Morgan fingerprint density at radius 1 is 0.821 bits per heavy atom. The molecule has 1 aliphatic heterocycles. The Morgan fingerprint density at radius 3 is 1.86 bits per heavy atom. The first-order chi connectivity index (χ1) is 13.6. The van der Waals surface area contributed by atoms with Gasteiger partial charge in [0.2, 0.25) is 0 Å². The molecule has 3 aromatic rings. The van der Waals surface area contributed by atoms with Gasteiger partial charge in [0.25, 0.3) is 0 Å². The normalized spacial score (nSPS) is 22.2. The van der Waals surface area contributed by atoms with Crippen LogP contribution in [0.15, 0.2) is 91.0 Å². The fourth-order valence-electron chi connectivity index (χ4n) is 4.40. The predicted molar refractivity (Wildman–Crippen MR) is 127 cm³/mol. The zero-order valence-electron chi connectivity index (χ0n) is 16.0. The van der Waals surface area contributed by atoms with Gasteiger partial charge in [-0.3, -0.25) is 0 Å². The van der Waals surface area contributed by atoms with Crippen molar-refractivity contribution in [2.45, 2.75) is 24.9 Å². The lowest BCUT2D eigenvalue weighted by Gasteiger charge is -2.27. The zero-order valence-corrected chi connectivity index (χ0v) is 18.6. The molecule has 4 heteroatoms. The Morgan fingerprint density at radius 2 is 1.32 bits per heavy atom. The van der Waals surface area contributed by atoms with Crippen molar-refractivity contribution < 1.29 is 4.57 Å². The topological polar surface area (TPSA) is 17.1 Å². The minimum Gasteiger partial charge on any atom is -0.318 e. The third kappa shape index (κ3) is 3.84. The number of hydrogen-bond donors (Lipinski definition) is 0. The first-order valence-electron chi connectivity index (χ1n) is 9.98. The van der Waals surface area contributed by atoms with Gasteiger partial charge in [-0.1, -0.05) is 103 Å². The second-order valence-electron chi connectivity index (χ2n) is 7.57. The highest BCUT2D eigenvalue weighted by Crippen LogP contribution is 2.59. The highest BCUT2D eigenvalue weighted by molar-refractivity contribution is 8.21. The van der Waals surface area contributed by atoms with E-state index >= 15 is 0 Å². The van der Waals surface area contributed by atoms with Crippen LogP contribution in [0.4, 0.5) is 0 Å². The summed E-state index contributed by atoms with van der Waals surface area (Å²) in [4.78, 5) is 0. The van der Waals surface area contributed by atoms with E-state index in [1.165, 1.54) is 10.6 Å². The number of hydrogen-bond acceptors (Lipinski definition) is 2. The van der Waals surface area contributed by atoms with E-state index in [4.69, 9.17) is 11.8 Å². The smallest absolute Gasteiger partial charge is 0.118 e. The molecule has 1 saturated heterocycles. The Labute approximate surface area is 173 Å². The minimum absolute atomic E-state index is 0.268. The van der Waals surface area contributed by atoms with E-state index in [0.717, 1.165) is 36.9 Å². The summed E-state index contributed by atoms with van der Waals surface area (Å²) in [6.07, 6.45) is 4.87. The van der Waals surface area contributed by atoms with Gasteiger partial charge in [0.1, 0.15) is 7.14 Å². The van der Waals surface area contributed by atoms with Crippen LogP contribution < -0.4 is 15.9 Å². The van der Waals surface area contributed by atoms with Crippen molar-refractivity contribution in [1.82, 2.24) is 0 Å². The van der Waals surface area contributed by atoms with Gasteiger partial charge in [-0.15, -0.1) is 0 Å². The summed E-state index contributed by atoms with van der Waals surface area (Å²) in [6, 6.07) is 29.4. The van der Waals surface area contributed by atoms with E-state index in [0.29, 0.717) is 0 Å². The second-order valence-corrected chi connectivity index (χ2v) is 15.7. The molecule has 0 spiro atoms. The summed E-state index contributed by atoms with van der Waals surface area (Å²) < 4.78 is 13.9. The Bertz CT molecular complexity index is 959. The second kappa shape index (κ2) is 8.50. The monoisotopic (exact) mass is 424 g/mol. The van der Waals surface area contributed by atoms with E-state index in [2.05, 4.69) is 72.8 Å². The average Bonchev–Trinajstić information content (AvgIpc) is 3.15. The van der Waals surface area contributed by atoms with Crippen LogP contribution in [0.5, 0.6) is 0 Å². The van der Waals surface area contributed by atoms with Crippen LogP contribution in [0, 0.1) is 0 Å². The van der Waals surface area contributed by atoms with Gasteiger partial charge in [-0.25, -0.2) is 0 Å². The van der Waals surface area contributed by atoms with Crippen LogP contribution in [0.1, 0.15) is 19.3 Å². The van der Waals surface area contributed by atoms with Crippen LogP contribution in [0.3, 0.4) is 0 Å². The van der Waals surface area contributed by atoms with Gasteiger partial charge >= 0.3 is 0 Å². The number of rotatable bonds is 6. The molecule has 1 aliphatic rings. The minimum atomic E-state index is -2.33. The third-order valence-electron chi connectivity index (χ3n) is 5.93. The molecule has 144 valence electrons. The lowest BCUT2D eigenvalue weighted by Crippen LogP contribution is -2.21. The Hall–Kier alpha value is -1.46. The highest BCUT2D eigenvalue weighted by Gasteiger charge is 2.39. The van der Waals surface area contributed by atoms with Gasteiger partial charge in [0.05, 0.1) is 0 Å². The predicted octanol–water partition coefficient (Wildman–Crippen LogP) is 5.36. The molecule has 0 amide bonds. The third-order valence-corrected chi connectivity index (χ3v) is 14.7. The van der Waals surface area contributed by atoms with Gasteiger partial charge < -0.3 is 4.57 Å². The van der Waals surface area contributed by atoms with Crippen molar-refractivity contribution >= 4 is 40.9 Å². The standard InChI is InChI=1S/C24H26OP2S/c25-26(21-11-4-1-5-12-21)19-10-17-22(26)18-20-27(28,23-13-6-2-7-14-23)24-15-8-3-9-16-24/h1-9,11-16,22H,10,17-20H2/t22-,26-/m0/s1. The van der Waals surface area contributed by atoms with E-state index in [1.807, 2.05) is 18.2 Å². The van der Waals surface area contributed by atoms with Crippen LogP contribution in [-0.2, 0) is 16.4 Å². The van der Waals surface area contributed by atoms with Crippen molar-refractivity contribution in [3.63, 3.8) is 0 Å². The van der Waals surface area contributed by atoms with Crippen molar-refractivity contribution in [3.8, 4) is 0 Å². The molecule has 0 aliphatic carbocycles. The lowest BCUT2D eigenvalue weighted by atomic mass is 10.2. The SMILES string of the molecule is O=[P@]1(c2ccccc2)CCC[C@H]1CCP(=S)(c1ccccc1)c1ccccc1. The fraction of sp³-hybridized carbons (Fsp3) is 0.250. The van der Waals surface area contributed by atoms with Crippen LogP contribution >= 0.6 is 13.2 Å². The maximum absolute atomic E-state index is 13.9. The van der Waals surface area contributed by atoms with Crippen LogP contribution in [-0.4, -0.2) is 18.0 Å². The molecule has 2 atom stereocenters. The van der Waals surface area contributed by atoms with E-state index in [1.54, 1.807) is 0 Å². The molecule has 0 unspecified atom stereocenters. The van der Waals surface area contributed by atoms with Gasteiger partial charge in [-0.05, 0) is 36.0 Å². The van der Waals surface area contributed by atoms with Gasteiger partial charge in [0, 0.05) is 23.2 Å². The molecule has 0 N–H and O–H groups in total. The van der Waals surface area contributed by atoms with Crippen molar-refractivity contribution in [2.24, 2.45) is 0 Å². The Kier molecular flexibility index (Phi) is 6.02. The van der Waals surface area contributed by atoms with E-state index in [9.17, 15) is 4.57 Å². The first-order valence-corrected chi connectivity index (χ1v) is 14.9. The molecule has 0 radical (unpaired) electrons. The Balaban J connectivity index is 1.64. The van der Waals surface area contributed by atoms with Gasteiger partial charge in [0.15, 0.2) is 0 Å². The number of benzene rings is 3. The van der Waals surface area contributed by atoms with Crippen molar-refractivity contribution in [1.29, 1.82) is 0 Å². The fourth-order valence-corrected chi connectivity index (χ4v) is 12.0. The molecule has 1 fully saturated rings. The molecule has 1 nitrogen and oxygen atoms in total. The average molecular weight is 424 g/mol. The van der Waals surface area contributed by atoms with E-state index in [-0.39, 0.29) is 5.66 Å². The molecule has 3 aromatic carbocycles. The van der Waals surface area contributed by atoms with Crippen molar-refractivity contribution in [3.05, 3.63) is 91.0 Å². The summed E-state index contributed by atoms with van der Waals surface area (Å²) in [5.41, 5.74) is 0.268. The summed E-state index contributed by atoms with van der Waals surface area (Å²) >= 11 is 6.38. The maximum Gasteiger partial charge on any atom is 0.118 e. The zero-order chi connectivity index (χ0) is 19.5. The quantitative estimate of drug-likeness (QED) is 0.496. The molecule has 28 heavy (non-hydrogen) atoms. The van der Waals surface area contributed by atoms with Crippen LogP contribution in [0.25, 0.3) is 0 Å². The summed E-state index contributed by atoms with van der Waals surface area (Å²) in [6.45, 7) is 0.